The Morgan fingerprint density at radius 3 is 2.50 bits per heavy atom. The summed E-state index contributed by atoms with van der Waals surface area (Å²) in [7, 11) is 0. The van der Waals surface area contributed by atoms with Crippen LogP contribution in [-0.4, -0.2) is 30.5 Å². The number of hydrogen-bond acceptors (Lipinski definition) is 3. The highest BCUT2D eigenvalue weighted by molar-refractivity contribution is 5.28. The first-order valence-corrected chi connectivity index (χ1v) is 6.59. The molecule has 1 aromatic carbocycles. The highest BCUT2D eigenvalue weighted by atomic mass is 16.5. The lowest BCUT2D eigenvalue weighted by Gasteiger charge is -2.19. The lowest BCUT2D eigenvalue weighted by Crippen LogP contribution is -2.33. The van der Waals surface area contributed by atoms with E-state index in [2.05, 4.69) is 31.3 Å². The van der Waals surface area contributed by atoms with E-state index in [9.17, 15) is 5.11 Å². The molecule has 1 rings (SSSR count). The molecule has 0 heterocycles. The van der Waals surface area contributed by atoms with Crippen molar-refractivity contribution < 1.29 is 9.84 Å². The van der Waals surface area contributed by atoms with Gasteiger partial charge < -0.3 is 15.2 Å². The van der Waals surface area contributed by atoms with Crippen LogP contribution in [0.2, 0.25) is 0 Å². The zero-order chi connectivity index (χ0) is 13.5. The van der Waals surface area contributed by atoms with Crippen LogP contribution >= 0.6 is 0 Å². The van der Waals surface area contributed by atoms with Crippen molar-refractivity contribution in [3.8, 4) is 0 Å². The number of rotatable bonds is 7. The third-order valence-corrected chi connectivity index (χ3v) is 2.94. The van der Waals surface area contributed by atoms with E-state index >= 15 is 0 Å². The van der Waals surface area contributed by atoms with E-state index in [1.807, 2.05) is 26.0 Å². The van der Waals surface area contributed by atoms with Crippen molar-refractivity contribution in [3.05, 3.63) is 35.4 Å². The van der Waals surface area contributed by atoms with Crippen LogP contribution in [0.15, 0.2) is 24.3 Å². The number of benzene rings is 1. The minimum Gasteiger partial charge on any atom is -0.389 e. The molecule has 2 atom stereocenters. The summed E-state index contributed by atoms with van der Waals surface area (Å²) in [6.45, 7) is 9.07. The highest BCUT2D eigenvalue weighted by Gasteiger charge is 2.10. The summed E-state index contributed by atoms with van der Waals surface area (Å²) in [6.07, 6.45) is -0.299. The molecule has 3 heteroatoms. The molecule has 0 spiro atoms. The van der Waals surface area contributed by atoms with E-state index in [-0.39, 0.29) is 12.1 Å². The maximum Gasteiger partial charge on any atom is 0.0898 e. The molecular weight excluding hydrogens is 226 g/mol. The summed E-state index contributed by atoms with van der Waals surface area (Å²) >= 11 is 0. The molecular formula is C15H25NO2. The molecule has 0 aliphatic rings. The van der Waals surface area contributed by atoms with Gasteiger partial charge in [0, 0.05) is 12.6 Å². The Bertz CT molecular complexity index is 352. The Hall–Kier alpha value is -0.900. The van der Waals surface area contributed by atoms with Crippen LogP contribution < -0.4 is 5.32 Å². The lowest BCUT2D eigenvalue weighted by atomic mass is 10.0. The largest absolute Gasteiger partial charge is 0.389 e. The second-order valence-electron chi connectivity index (χ2n) is 5.02. The highest BCUT2D eigenvalue weighted by Crippen LogP contribution is 2.16. The second-order valence-corrected chi connectivity index (χ2v) is 5.02. The molecule has 0 saturated carbocycles. The quantitative estimate of drug-likeness (QED) is 0.782. The minimum absolute atomic E-state index is 0.161. The van der Waals surface area contributed by atoms with E-state index in [1.165, 1.54) is 11.1 Å². The van der Waals surface area contributed by atoms with E-state index in [4.69, 9.17) is 4.74 Å². The van der Waals surface area contributed by atoms with Crippen LogP contribution in [0.3, 0.4) is 0 Å². The Labute approximate surface area is 110 Å². The fourth-order valence-electron chi connectivity index (χ4n) is 1.86. The van der Waals surface area contributed by atoms with E-state index in [0.717, 1.165) is 0 Å². The van der Waals surface area contributed by atoms with Crippen molar-refractivity contribution in [2.75, 3.05) is 13.2 Å². The first-order valence-electron chi connectivity index (χ1n) is 6.59. The average Bonchev–Trinajstić information content (AvgIpc) is 2.34. The van der Waals surface area contributed by atoms with Gasteiger partial charge in [0.25, 0.3) is 0 Å². The summed E-state index contributed by atoms with van der Waals surface area (Å²) in [4.78, 5) is 0. The fourth-order valence-corrected chi connectivity index (χ4v) is 1.86. The zero-order valence-electron chi connectivity index (χ0n) is 11.8. The molecule has 18 heavy (non-hydrogen) atoms. The minimum atomic E-state index is -0.459. The molecule has 2 N–H and O–H groups in total. The molecule has 1 aromatic rings. The predicted molar refractivity (Wildman–Crippen MR) is 74.7 cm³/mol. The molecule has 0 fully saturated rings. The van der Waals surface area contributed by atoms with Gasteiger partial charge in [0.2, 0.25) is 0 Å². The van der Waals surface area contributed by atoms with Crippen molar-refractivity contribution in [1.29, 1.82) is 0 Å². The molecule has 1 unspecified atom stereocenters. The van der Waals surface area contributed by atoms with Gasteiger partial charge in [-0.3, -0.25) is 0 Å². The smallest absolute Gasteiger partial charge is 0.0898 e. The normalized spacial score (nSPS) is 14.8. The standard InChI is InChI=1S/C15H25NO2/c1-11(2)18-10-14(17)9-16-13(4)15-8-6-5-7-12(15)3/h5-8,11,13-14,16-17H,9-10H2,1-4H3/t13-,14?/m0/s1. The van der Waals surface area contributed by atoms with Crippen molar-refractivity contribution >= 4 is 0 Å². The van der Waals surface area contributed by atoms with E-state index < -0.39 is 6.10 Å². The Kier molecular flexibility index (Phi) is 6.33. The van der Waals surface area contributed by atoms with Gasteiger partial charge in [-0.05, 0) is 38.8 Å². The maximum absolute atomic E-state index is 9.78. The van der Waals surface area contributed by atoms with Gasteiger partial charge in [-0.1, -0.05) is 24.3 Å². The van der Waals surface area contributed by atoms with Crippen molar-refractivity contribution in [3.63, 3.8) is 0 Å². The van der Waals surface area contributed by atoms with Crippen molar-refractivity contribution in [1.82, 2.24) is 5.32 Å². The van der Waals surface area contributed by atoms with Crippen molar-refractivity contribution in [2.45, 2.75) is 45.9 Å². The summed E-state index contributed by atoms with van der Waals surface area (Å²) in [5.74, 6) is 0. The van der Waals surface area contributed by atoms with Crippen LogP contribution in [0.25, 0.3) is 0 Å². The number of nitrogens with one attached hydrogen (secondary N) is 1. The van der Waals surface area contributed by atoms with Gasteiger partial charge in [-0.2, -0.15) is 0 Å². The number of ether oxygens (including phenoxy) is 1. The molecule has 0 aliphatic carbocycles. The first kappa shape index (κ1) is 15.2. The lowest BCUT2D eigenvalue weighted by molar-refractivity contribution is 0.00560. The summed E-state index contributed by atoms with van der Waals surface area (Å²) in [5, 5.41) is 13.1. The van der Waals surface area contributed by atoms with E-state index in [1.54, 1.807) is 0 Å². The number of hydrogen-bond donors (Lipinski definition) is 2. The van der Waals surface area contributed by atoms with Crippen LogP contribution in [0.5, 0.6) is 0 Å². The predicted octanol–water partition coefficient (Wildman–Crippen LogP) is 2.43. The molecule has 0 aliphatic heterocycles. The third-order valence-electron chi connectivity index (χ3n) is 2.94. The monoisotopic (exact) mass is 251 g/mol. The summed E-state index contributed by atoms with van der Waals surface area (Å²) in [6, 6.07) is 8.53. The van der Waals surface area contributed by atoms with Gasteiger partial charge in [0.1, 0.15) is 0 Å². The first-order chi connectivity index (χ1) is 8.50. The molecule has 0 amide bonds. The number of aryl methyl sites for hydroxylation is 1. The van der Waals surface area contributed by atoms with Gasteiger partial charge in [0.15, 0.2) is 0 Å². The van der Waals surface area contributed by atoms with Crippen LogP contribution in [0.1, 0.15) is 37.9 Å². The maximum atomic E-state index is 9.78. The van der Waals surface area contributed by atoms with Crippen LogP contribution in [-0.2, 0) is 4.74 Å². The van der Waals surface area contributed by atoms with Crippen LogP contribution in [0.4, 0.5) is 0 Å². The Balaban J connectivity index is 2.37. The van der Waals surface area contributed by atoms with Gasteiger partial charge in [-0.25, -0.2) is 0 Å². The Morgan fingerprint density at radius 2 is 1.89 bits per heavy atom. The topological polar surface area (TPSA) is 41.5 Å². The van der Waals surface area contributed by atoms with Crippen LogP contribution in [0, 0.1) is 6.92 Å². The van der Waals surface area contributed by atoms with Gasteiger partial charge >= 0.3 is 0 Å². The zero-order valence-corrected chi connectivity index (χ0v) is 11.8. The molecule has 0 bridgehead atoms. The Morgan fingerprint density at radius 1 is 1.22 bits per heavy atom. The SMILES string of the molecule is Cc1ccccc1[C@H](C)NCC(O)COC(C)C. The molecule has 102 valence electrons. The molecule has 0 saturated heterocycles. The third kappa shape index (κ3) is 5.17. The summed E-state index contributed by atoms with van der Waals surface area (Å²) in [5.41, 5.74) is 2.54. The van der Waals surface area contributed by atoms with Gasteiger partial charge in [-0.15, -0.1) is 0 Å². The van der Waals surface area contributed by atoms with Crippen molar-refractivity contribution in [2.24, 2.45) is 0 Å². The molecule has 0 radical (unpaired) electrons. The second kappa shape index (κ2) is 7.52. The van der Waals surface area contributed by atoms with E-state index in [0.29, 0.717) is 13.2 Å². The number of aliphatic hydroxyl groups excluding tert-OH is 1. The summed E-state index contributed by atoms with van der Waals surface area (Å²) < 4.78 is 5.38. The molecule has 0 aromatic heterocycles. The fraction of sp³-hybridized carbons (Fsp3) is 0.600. The average molecular weight is 251 g/mol. The number of aliphatic hydroxyl groups is 1. The van der Waals surface area contributed by atoms with Gasteiger partial charge in [0.05, 0.1) is 18.8 Å². The molecule has 3 nitrogen and oxygen atoms in total.